The first-order valence-corrected chi connectivity index (χ1v) is 6.60. The summed E-state index contributed by atoms with van der Waals surface area (Å²) in [6.45, 7) is 0.598. The van der Waals surface area contributed by atoms with Crippen molar-refractivity contribution in [2.75, 3.05) is 18.5 Å². The predicted molar refractivity (Wildman–Crippen MR) is 76.8 cm³/mol. The van der Waals surface area contributed by atoms with Crippen molar-refractivity contribution >= 4 is 23.0 Å². The van der Waals surface area contributed by atoms with Gasteiger partial charge in [-0.15, -0.1) is 0 Å². The minimum Gasteiger partial charge on any atom is -0.389 e. The normalized spacial score (nSPS) is 17.7. The van der Waals surface area contributed by atoms with Crippen LogP contribution >= 0.6 is 12.2 Å². The summed E-state index contributed by atoms with van der Waals surface area (Å²) in [4.78, 5) is 6.63. The molecule has 0 bridgehead atoms. The van der Waals surface area contributed by atoms with E-state index in [9.17, 15) is 5.11 Å². The van der Waals surface area contributed by atoms with Gasteiger partial charge in [0.2, 0.25) is 0 Å². The largest absolute Gasteiger partial charge is 0.389 e. The molecule has 18 heavy (non-hydrogen) atoms. The topological polar surface area (TPSA) is 62.4 Å². The van der Waals surface area contributed by atoms with Crippen LogP contribution in [0.25, 0.3) is 0 Å². The Kier molecular flexibility index (Phi) is 3.82. The van der Waals surface area contributed by atoms with Gasteiger partial charge in [0.15, 0.2) is 0 Å². The maximum atomic E-state index is 10.4. The molecule has 1 saturated carbocycles. The Bertz CT molecular complexity index is 444. The maximum Gasteiger partial charge on any atom is 0.129 e. The van der Waals surface area contributed by atoms with E-state index in [0.29, 0.717) is 11.5 Å². The number of likely N-dealkylation sites (N-methyl/N-ethyl adjacent to an activating group) is 1. The molecule has 0 unspecified atom stereocenters. The lowest BCUT2D eigenvalue weighted by atomic mass is 10.0. The minimum atomic E-state index is -0.574. The Morgan fingerprint density at radius 2 is 2.22 bits per heavy atom. The molecule has 1 heterocycles. The summed E-state index contributed by atoms with van der Waals surface area (Å²) in [5.41, 5.74) is 5.84. The molecule has 0 saturated heterocycles. The van der Waals surface area contributed by atoms with Crippen LogP contribution in [0.5, 0.6) is 0 Å². The molecule has 1 aromatic rings. The first-order valence-electron chi connectivity index (χ1n) is 6.20. The lowest BCUT2D eigenvalue weighted by Crippen LogP contribution is -2.39. The Morgan fingerprint density at radius 3 is 2.83 bits per heavy atom. The summed E-state index contributed by atoms with van der Waals surface area (Å²) in [6, 6.07) is 3.66. The summed E-state index contributed by atoms with van der Waals surface area (Å²) in [5.74, 6) is 0.792. The third-order valence-electron chi connectivity index (χ3n) is 3.49. The van der Waals surface area contributed by atoms with E-state index in [1.807, 2.05) is 18.0 Å². The fourth-order valence-corrected chi connectivity index (χ4v) is 2.62. The van der Waals surface area contributed by atoms with Gasteiger partial charge in [0.25, 0.3) is 0 Å². The number of rotatable bonds is 4. The smallest absolute Gasteiger partial charge is 0.129 e. The van der Waals surface area contributed by atoms with Gasteiger partial charge in [-0.2, -0.15) is 0 Å². The van der Waals surface area contributed by atoms with Gasteiger partial charge in [0.05, 0.1) is 5.60 Å². The Hall–Kier alpha value is -1.20. The van der Waals surface area contributed by atoms with E-state index in [4.69, 9.17) is 18.0 Å². The predicted octanol–water partition coefficient (Wildman–Crippen LogP) is 1.46. The Labute approximate surface area is 113 Å². The monoisotopic (exact) mass is 265 g/mol. The number of hydrogen-bond donors (Lipinski definition) is 2. The van der Waals surface area contributed by atoms with Crippen LogP contribution in [0, 0.1) is 0 Å². The highest BCUT2D eigenvalue weighted by Gasteiger charge is 2.32. The Balaban J connectivity index is 2.10. The summed E-state index contributed by atoms with van der Waals surface area (Å²) >= 11 is 4.96. The van der Waals surface area contributed by atoms with Gasteiger partial charge in [0, 0.05) is 25.4 Å². The molecule has 0 amide bonds. The van der Waals surface area contributed by atoms with Crippen LogP contribution in [-0.2, 0) is 0 Å². The van der Waals surface area contributed by atoms with E-state index in [2.05, 4.69) is 4.98 Å². The van der Waals surface area contributed by atoms with Gasteiger partial charge in [0.1, 0.15) is 10.8 Å². The third kappa shape index (κ3) is 2.97. The number of nitrogens with zero attached hydrogens (tertiary/aromatic N) is 2. The van der Waals surface area contributed by atoms with E-state index in [1.54, 1.807) is 12.3 Å². The quantitative estimate of drug-likeness (QED) is 0.807. The highest BCUT2D eigenvalue weighted by atomic mass is 32.1. The van der Waals surface area contributed by atoms with Gasteiger partial charge in [-0.3, -0.25) is 0 Å². The van der Waals surface area contributed by atoms with Crippen LogP contribution in [0.1, 0.15) is 31.2 Å². The molecule has 0 spiro atoms. The maximum absolute atomic E-state index is 10.4. The van der Waals surface area contributed by atoms with Gasteiger partial charge < -0.3 is 15.7 Å². The molecule has 5 heteroatoms. The minimum absolute atomic E-state index is 0.367. The van der Waals surface area contributed by atoms with Crippen molar-refractivity contribution in [1.82, 2.24) is 4.98 Å². The molecule has 98 valence electrons. The second-order valence-electron chi connectivity index (χ2n) is 5.05. The number of anilines is 1. The molecule has 1 fully saturated rings. The second kappa shape index (κ2) is 5.20. The van der Waals surface area contributed by atoms with Crippen molar-refractivity contribution in [1.29, 1.82) is 0 Å². The third-order valence-corrected chi connectivity index (χ3v) is 3.72. The van der Waals surface area contributed by atoms with Crippen molar-refractivity contribution in [3.8, 4) is 0 Å². The fraction of sp³-hybridized carbons (Fsp3) is 0.538. The molecule has 1 aliphatic carbocycles. The van der Waals surface area contributed by atoms with Crippen LogP contribution in [0.3, 0.4) is 0 Å². The van der Waals surface area contributed by atoms with Crippen LogP contribution < -0.4 is 10.6 Å². The number of aromatic nitrogens is 1. The first kappa shape index (κ1) is 13.2. The molecular formula is C13H19N3OS. The van der Waals surface area contributed by atoms with E-state index < -0.39 is 5.60 Å². The van der Waals surface area contributed by atoms with Gasteiger partial charge in [-0.25, -0.2) is 4.98 Å². The molecule has 1 aliphatic rings. The molecule has 0 atom stereocenters. The average molecular weight is 265 g/mol. The zero-order valence-corrected chi connectivity index (χ0v) is 11.4. The molecule has 2 rings (SSSR count). The van der Waals surface area contributed by atoms with Crippen molar-refractivity contribution in [3.63, 3.8) is 0 Å². The molecular weight excluding hydrogens is 246 g/mol. The van der Waals surface area contributed by atoms with Gasteiger partial charge in [-0.05, 0) is 25.0 Å². The summed E-state index contributed by atoms with van der Waals surface area (Å²) in [6.07, 6.45) is 5.63. The SMILES string of the molecule is CN(CC1(O)CCCC1)c1cc(C(N)=S)ccn1. The number of pyridine rings is 1. The fourth-order valence-electron chi connectivity index (χ4n) is 2.49. The van der Waals surface area contributed by atoms with Gasteiger partial charge in [-0.1, -0.05) is 25.1 Å². The van der Waals surface area contributed by atoms with Gasteiger partial charge >= 0.3 is 0 Å². The zero-order chi connectivity index (χ0) is 13.2. The molecule has 3 N–H and O–H groups in total. The van der Waals surface area contributed by atoms with Crippen LogP contribution in [0.4, 0.5) is 5.82 Å². The van der Waals surface area contributed by atoms with Crippen molar-refractivity contribution in [2.24, 2.45) is 5.73 Å². The summed E-state index contributed by atoms with van der Waals surface area (Å²) in [5, 5.41) is 10.4. The number of thiocarbonyl (C=S) groups is 1. The summed E-state index contributed by atoms with van der Waals surface area (Å²) in [7, 11) is 1.93. The molecule has 1 aromatic heterocycles. The Morgan fingerprint density at radius 1 is 1.56 bits per heavy atom. The highest BCUT2D eigenvalue weighted by Crippen LogP contribution is 2.30. The molecule has 4 nitrogen and oxygen atoms in total. The number of hydrogen-bond acceptors (Lipinski definition) is 4. The first-order chi connectivity index (χ1) is 8.50. The van der Waals surface area contributed by atoms with E-state index in [1.165, 1.54) is 0 Å². The molecule has 0 aromatic carbocycles. The zero-order valence-electron chi connectivity index (χ0n) is 10.6. The van der Waals surface area contributed by atoms with Crippen LogP contribution in [-0.4, -0.2) is 34.3 Å². The van der Waals surface area contributed by atoms with E-state index in [-0.39, 0.29) is 0 Å². The van der Waals surface area contributed by atoms with Crippen molar-refractivity contribution in [3.05, 3.63) is 23.9 Å². The number of aliphatic hydroxyl groups is 1. The van der Waals surface area contributed by atoms with Crippen molar-refractivity contribution < 1.29 is 5.11 Å². The molecule has 0 aliphatic heterocycles. The highest BCUT2D eigenvalue weighted by molar-refractivity contribution is 7.80. The van der Waals surface area contributed by atoms with Crippen LogP contribution in [0.2, 0.25) is 0 Å². The van der Waals surface area contributed by atoms with Crippen molar-refractivity contribution in [2.45, 2.75) is 31.3 Å². The molecule has 0 radical (unpaired) electrons. The average Bonchev–Trinajstić information content (AvgIpc) is 2.76. The lowest BCUT2D eigenvalue weighted by molar-refractivity contribution is 0.0558. The van der Waals surface area contributed by atoms with E-state index >= 15 is 0 Å². The van der Waals surface area contributed by atoms with Crippen LogP contribution in [0.15, 0.2) is 18.3 Å². The lowest BCUT2D eigenvalue weighted by Gasteiger charge is -2.29. The van der Waals surface area contributed by atoms with E-state index in [0.717, 1.165) is 37.1 Å². The number of nitrogens with two attached hydrogens (primary N) is 1. The second-order valence-corrected chi connectivity index (χ2v) is 5.49. The summed E-state index contributed by atoms with van der Waals surface area (Å²) < 4.78 is 0. The standard InChI is InChI=1S/C13H19N3OS/c1-16(9-13(17)5-2-3-6-13)11-8-10(12(14)18)4-7-15-11/h4,7-8,17H,2-3,5-6,9H2,1H3,(H2,14,18).